The largest absolute Gasteiger partial charge is 0.390 e. The Morgan fingerprint density at radius 3 is 2.33 bits per heavy atom. The van der Waals surface area contributed by atoms with E-state index in [-0.39, 0.29) is 5.56 Å². The summed E-state index contributed by atoms with van der Waals surface area (Å²) in [7, 11) is 0. The number of benzene rings is 1. The minimum atomic E-state index is -3.57. The Balaban J connectivity index is 3.02. The highest BCUT2D eigenvalue weighted by atomic mass is 19.3. The summed E-state index contributed by atoms with van der Waals surface area (Å²) >= 11 is 0. The van der Waals surface area contributed by atoms with Crippen LogP contribution in [-0.2, 0) is 0 Å². The summed E-state index contributed by atoms with van der Waals surface area (Å²) in [6, 6.07) is 0.381. The molecule has 84 valence electrons. The molecule has 0 saturated heterocycles. The predicted octanol–water partition coefficient (Wildman–Crippen LogP) is 1.59. The van der Waals surface area contributed by atoms with Crippen molar-refractivity contribution in [2.24, 2.45) is 5.73 Å². The molecular weight excluding hydrogens is 214 g/mol. The van der Waals surface area contributed by atoms with Crippen molar-refractivity contribution in [1.82, 2.24) is 0 Å². The molecule has 0 unspecified atom stereocenters. The van der Waals surface area contributed by atoms with Gasteiger partial charge in [-0.3, -0.25) is 0 Å². The Morgan fingerprint density at radius 1 is 1.27 bits per heavy atom. The average molecular weight is 223 g/mol. The molecule has 0 aliphatic rings. The van der Waals surface area contributed by atoms with E-state index in [0.29, 0.717) is 12.1 Å². The molecule has 3 N–H and O–H groups in total. The van der Waals surface area contributed by atoms with Crippen LogP contribution in [0.2, 0.25) is 0 Å². The SMILES string of the molecule is N[C@H](c1ccc(F)c(F)c1)C(F)(F)CO. The zero-order chi connectivity index (χ0) is 11.6. The van der Waals surface area contributed by atoms with E-state index < -0.39 is 30.2 Å². The number of aliphatic hydroxyl groups excluding tert-OH is 1. The highest BCUT2D eigenvalue weighted by molar-refractivity contribution is 5.22. The third-order valence-corrected chi connectivity index (χ3v) is 1.97. The van der Waals surface area contributed by atoms with E-state index >= 15 is 0 Å². The number of aliphatic hydroxyl groups is 1. The number of hydrogen-bond acceptors (Lipinski definition) is 2. The zero-order valence-corrected chi connectivity index (χ0v) is 7.55. The van der Waals surface area contributed by atoms with E-state index in [9.17, 15) is 17.6 Å². The van der Waals surface area contributed by atoms with Crippen molar-refractivity contribution in [3.05, 3.63) is 35.4 Å². The van der Waals surface area contributed by atoms with Crippen molar-refractivity contribution in [2.75, 3.05) is 6.61 Å². The second-order valence-corrected chi connectivity index (χ2v) is 3.07. The van der Waals surface area contributed by atoms with Gasteiger partial charge in [-0.15, -0.1) is 0 Å². The average Bonchev–Trinajstić information content (AvgIpc) is 2.21. The topological polar surface area (TPSA) is 46.2 Å². The summed E-state index contributed by atoms with van der Waals surface area (Å²) in [5, 5.41) is 8.35. The van der Waals surface area contributed by atoms with Crippen LogP contribution in [0.15, 0.2) is 18.2 Å². The van der Waals surface area contributed by atoms with Crippen molar-refractivity contribution >= 4 is 0 Å². The lowest BCUT2D eigenvalue weighted by atomic mass is 10.0. The molecule has 0 amide bonds. The molecule has 1 atom stereocenters. The van der Waals surface area contributed by atoms with Gasteiger partial charge in [0.15, 0.2) is 11.6 Å². The molecule has 0 heterocycles. The Labute approximate surface area is 83.3 Å². The van der Waals surface area contributed by atoms with Crippen LogP contribution >= 0.6 is 0 Å². The first-order valence-corrected chi connectivity index (χ1v) is 4.07. The Bertz CT molecular complexity index is 356. The van der Waals surface area contributed by atoms with Crippen LogP contribution in [0.1, 0.15) is 11.6 Å². The van der Waals surface area contributed by atoms with Crippen molar-refractivity contribution < 1.29 is 22.7 Å². The molecule has 1 aromatic carbocycles. The molecule has 0 spiro atoms. The smallest absolute Gasteiger partial charge is 0.289 e. The normalized spacial score (nSPS) is 14.0. The molecule has 1 aromatic rings. The van der Waals surface area contributed by atoms with Crippen molar-refractivity contribution in [3.8, 4) is 0 Å². The number of nitrogens with two attached hydrogens (primary N) is 1. The lowest BCUT2D eigenvalue weighted by Gasteiger charge is -2.21. The fourth-order valence-electron chi connectivity index (χ4n) is 1.05. The van der Waals surface area contributed by atoms with Crippen LogP contribution in [-0.4, -0.2) is 17.6 Å². The Morgan fingerprint density at radius 2 is 1.87 bits per heavy atom. The fraction of sp³-hybridized carbons (Fsp3) is 0.333. The van der Waals surface area contributed by atoms with Crippen LogP contribution in [0.3, 0.4) is 0 Å². The monoisotopic (exact) mass is 223 g/mol. The molecule has 15 heavy (non-hydrogen) atoms. The second kappa shape index (κ2) is 4.16. The summed E-state index contributed by atoms with van der Waals surface area (Å²) in [4.78, 5) is 0. The third kappa shape index (κ3) is 2.45. The molecule has 0 bridgehead atoms. The van der Waals surface area contributed by atoms with E-state index in [2.05, 4.69) is 0 Å². The molecule has 2 nitrogen and oxygen atoms in total. The molecule has 0 fully saturated rings. The maximum atomic E-state index is 12.9. The number of alkyl halides is 2. The maximum Gasteiger partial charge on any atom is 0.289 e. The van der Waals surface area contributed by atoms with Crippen LogP contribution in [0, 0.1) is 11.6 Å². The standard InChI is InChI=1S/C9H9F4NO/c10-6-2-1-5(3-7(6)11)8(14)9(12,13)4-15/h1-3,8,15H,4,14H2/t8-/m1/s1. The van der Waals surface area contributed by atoms with E-state index in [1.807, 2.05) is 0 Å². The van der Waals surface area contributed by atoms with Gasteiger partial charge in [-0.05, 0) is 17.7 Å². The van der Waals surface area contributed by atoms with Gasteiger partial charge in [-0.1, -0.05) is 6.07 Å². The minimum Gasteiger partial charge on any atom is -0.390 e. The first-order valence-electron chi connectivity index (χ1n) is 4.07. The molecule has 0 aliphatic carbocycles. The molecule has 0 saturated carbocycles. The van der Waals surface area contributed by atoms with Crippen LogP contribution in [0.4, 0.5) is 17.6 Å². The minimum absolute atomic E-state index is 0.270. The van der Waals surface area contributed by atoms with Crippen LogP contribution < -0.4 is 5.73 Å². The van der Waals surface area contributed by atoms with E-state index in [1.54, 1.807) is 0 Å². The van der Waals surface area contributed by atoms with Gasteiger partial charge in [0.25, 0.3) is 5.92 Å². The van der Waals surface area contributed by atoms with Gasteiger partial charge in [-0.2, -0.15) is 0 Å². The summed E-state index contributed by atoms with van der Waals surface area (Å²) in [5.74, 6) is -5.96. The summed E-state index contributed by atoms with van der Waals surface area (Å²) in [6.07, 6.45) is 0. The molecule has 0 aromatic heterocycles. The Hall–Kier alpha value is -1.14. The molecule has 0 radical (unpaired) electrons. The zero-order valence-electron chi connectivity index (χ0n) is 7.55. The number of halogens is 4. The van der Waals surface area contributed by atoms with Crippen molar-refractivity contribution in [2.45, 2.75) is 12.0 Å². The first kappa shape index (κ1) is 11.9. The first-order chi connectivity index (χ1) is 6.88. The van der Waals surface area contributed by atoms with Gasteiger partial charge >= 0.3 is 0 Å². The van der Waals surface area contributed by atoms with Gasteiger partial charge in [0.2, 0.25) is 0 Å². The lowest BCUT2D eigenvalue weighted by molar-refractivity contribution is -0.0712. The van der Waals surface area contributed by atoms with Gasteiger partial charge in [0, 0.05) is 0 Å². The van der Waals surface area contributed by atoms with Gasteiger partial charge in [-0.25, -0.2) is 17.6 Å². The lowest BCUT2D eigenvalue weighted by Crippen LogP contribution is -2.36. The third-order valence-electron chi connectivity index (χ3n) is 1.97. The quantitative estimate of drug-likeness (QED) is 0.764. The number of hydrogen-bond donors (Lipinski definition) is 2. The molecular formula is C9H9F4NO. The number of rotatable bonds is 3. The van der Waals surface area contributed by atoms with Gasteiger partial charge in [0.1, 0.15) is 6.61 Å². The van der Waals surface area contributed by atoms with E-state index in [1.165, 1.54) is 0 Å². The molecule has 6 heteroatoms. The van der Waals surface area contributed by atoms with Crippen LogP contribution in [0.5, 0.6) is 0 Å². The maximum absolute atomic E-state index is 12.9. The van der Waals surface area contributed by atoms with Gasteiger partial charge < -0.3 is 10.8 Å². The van der Waals surface area contributed by atoms with Crippen molar-refractivity contribution in [3.63, 3.8) is 0 Å². The van der Waals surface area contributed by atoms with E-state index in [0.717, 1.165) is 6.07 Å². The van der Waals surface area contributed by atoms with E-state index in [4.69, 9.17) is 10.8 Å². The molecule has 0 aliphatic heterocycles. The molecule has 1 rings (SSSR count). The van der Waals surface area contributed by atoms with Crippen LogP contribution in [0.25, 0.3) is 0 Å². The second-order valence-electron chi connectivity index (χ2n) is 3.07. The van der Waals surface area contributed by atoms with Crippen molar-refractivity contribution in [1.29, 1.82) is 0 Å². The highest BCUT2D eigenvalue weighted by Gasteiger charge is 2.37. The predicted molar refractivity (Wildman–Crippen MR) is 45.3 cm³/mol. The Kier molecular flexibility index (Phi) is 3.31. The highest BCUT2D eigenvalue weighted by Crippen LogP contribution is 2.29. The summed E-state index contributed by atoms with van der Waals surface area (Å²) in [5.41, 5.74) is 4.83. The summed E-state index contributed by atoms with van der Waals surface area (Å²) < 4.78 is 50.9. The van der Waals surface area contributed by atoms with Gasteiger partial charge in [0.05, 0.1) is 6.04 Å². The fourth-order valence-corrected chi connectivity index (χ4v) is 1.05. The summed E-state index contributed by atoms with van der Waals surface area (Å²) in [6.45, 7) is -1.45.